The van der Waals surface area contributed by atoms with Gasteiger partial charge in [-0.05, 0) is 67.2 Å². The maximum Gasteiger partial charge on any atom is 0.321 e. The SMILES string of the molecule is CC(C)(C(N)=O)C(=O)NCCCNc1nc(Nc2cccc(NC(=O)N3CCCC3)c2)ncc1Br. The Bertz CT molecular complexity index is 1070. The van der Waals surface area contributed by atoms with Gasteiger partial charge in [-0.1, -0.05) is 6.07 Å². The highest BCUT2D eigenvalue weighted by Gasteiger charge is 2.33. The normalized spacial score (nSPS) is 13.3. The number of amides is 4. The first-order valence-electron chi connectivity index (χ1n) is 11.4. The Hall–Kier alpha value is -3.41. The van der Waals surface area contributed by atoms with Gasteiger partial charge in [0.2, 0.25) is 17.8 Å². The van der Waals surface area contributed by atoms with Crippen molar-refractivity contribution in [3.8, 4) is 0 Å². The lowest BCUT2D eigenvalue weighted by atomic mass is 9.91. The zero-order valence-corrected chi connectivity index (χ0v) is 21.4. The lowest BCUT2D eigenvalue weighted by molar-refractivity contribution is -0.139. The Kier molecular flexibility index (Phi) is 8.85. The number of likely N-dealkylation sites (tertiary alicyclic amines) is 1. The highest BCUT2D eigenvalue weighted by Crippen LogP contribution is 2.23. The summed E-state index contributed by atoms with van der Waals surface area (Å²) in [5.41, 5.74) is 5.43. The van der Waals surface area contributed by atoms with E-state index in [1.54, 1.807) is 11.1 Å². The predicted octanol–water partition coefficient (Wildman–Crippen LogP) is 3.04. The molecular formula is C23H31BrN8O3. The topological polar surface area (TPSA) is 154 Å². The van der Waals surface area contributed by atoms with E-state index in [0.29, 0.717) is 41.4 Å². The van der Waals surface area contributed by atoms with Gasteiger partial charge >= 0.3 is 6.03 Å². The smallest absolute Gasteiger partial charge is 0.321 e. The van der Waals surface area contributed by atoms with E-state index in [1.165, 1.54) is 13.8 Å². The molecule has 2 aromatic rings. The molecule has 1 saturated heterocycles. The average molecular weight is 547 g/mol. The van der Waals surface area contributed by atoms with Crippen molar-refractivity contribution in [3.05, 3.63) is 34.9 Å². The summed E-state index contributed by atoms with van der Waals surface area (Å²) in [5.74, 6) is -0.101. The number of halogens is 1. The van der Waals surface area contributed by atoms with E-state index in [2.05, 4.69) is 47.2 Å². The lowest BCUT2D eigenvalue weighted by Gasteiger charge is -2.19. The van der Waals surface area contributed by atoms with Crippen LogP contribution in [0.1, 0.15) is 33.1 Å². The molecule has 12 heteroatoms. The minimum atomic E-state index is -1.25. The highest BCUT2D eigenvalue weighted by atomic mass is 79.9. The van der Waals surface area contributed by atoms with Crippen LogP contribution in [0.25, 0.3) is 0 Å². The van der Waals surface area contributed by atoms with Crippen LogP contribution in [0.3, 0.4) is 0 Å². The minimum Gasteiger partial charge on any atom is -0.369 e. The molecule has 188 valence electrons. The summed E-state index contributed by atoms with van der Waals surface area (Å²) in [5, 5.41) is 12.0. The van der Waals surface area contributed by atoms with Crippen molar-refractivity contribution in [3.63, 3.8) is 0 Å². The largest absolute Gasteiger partial charge is 0.369 e. The van der Waals surface area contributed by atoms with E-state index in [0.717, 1.165) is 31.6 Å². The molecule has 1 aromatic heterocycles. The third-order valence-electron chi connectivity index (χ3n) is 5.62. The third kappa shape index (κ3) is 7.28. The highest BCUT2D eigenvalue weighted by molar-refractivity contribution is 9.10. The molecule has 0 saturated carbocycles. The molecule has 0 unspecified atom stereocenters. The number of hydrogen-bond donors (Lipinski definition) is 5. The first kappa shape index (κ1) is 26.2. The zero-order valence-electron chi connectivity index (χ0n) is 19.9. The molecule has 3 rings (SSSR count). The van der Waals surface area contributed by atoms with Crippen LogP contribution in [0, 0.1) is 5.41 Å². The summed E-state index contributed by atoms with van der Waals surface area (Å²) < 4.78 is 0.688. The first-order valence-corrected chi connectivity index (χ1v) is 12.2. The summed E-state index contributed by atoms with van der Waals surface area (Å²) in [6.45, 7) is 5.46. The molecule has 6 N–H and O–H groups in total. The quantitative estimate of drug-likeness (QED) is 0.226. The molecule has 0 atom stereocenters. The Morgan fingerprint density at radius 1 is 1.14 bits per heavy atom. The Morgan fingerprint density at radius 3 is 2.57 bits per heavy atom. The number of nitrogens with zero attached hydrogens (tertiary/aromatic N) is 3. The number of aromatic nitrogens is 2. The van der Waals surface area contributed by atoms with E-state index < -0.39 is 17.2 Å². The van der Waals surface area contributed by atoms with E-state index in [-0.39, 0.29) is 6.03 Å². The van der Waals surface area contributed by atoms with Crippen LogP contribution < -0.4 is 27.0 Å². The van der Waals surface area contributed by atoms with Crippen LogP contribution in [-0.2, 0) is 9.59 Å². The van der Waals surface area contributed by atoms with Gasteiger partial charge in [-0.15, -0.1) is 0 Å². The van der Waals surface area contributed by atoms with Crippen LogP contribution >= 0.6 is 15.9 Å². The van der Waals surface area contributed by atoms with Crippen LogP contribution in [0.4, 0.5) is 27.9 Å². The molecule has 0 aliphatic carbocycles. The molecule has 0 bridgehead atoms. The molecule has 1 aliphatic heterocycles. The number of nitrogens with one attached hydrogen (secondary N) is 4. The third-order valence-corrected chi connectivity index (χ3v) is 6.20. The number of nitrogens with two attached hydrogens (primary N) is 1. The predicted molar refractivity (Wildman–Crippen MR) is 138 cm³/mol. The average Bonchev–Trinajstić information content (AvgIpc) is 3.36. The summed E-state index contributed by atoms with van der Waals surface area (Å²) in [6.07, 6.45) is 4.31. The molecule has 1 fully saturated rings. The number of rotatable bonds is 10. The maximum atomic E-state index is 12.3. The Labute approximate surface area is 212 Å². The van der Waals surface area contributed by atoms with E-state index >= 15 is 0 Å². The van der Waals surface area contributed by atoms with E-state index in [1.807, 2.05) is 24.3 Å². The van der Waals surface area contributed by atoms with Gasteiger partial charge in [0.25, 0.3) is 0 Å². The first-order chi connectivity index (χ1) is 16.7. The Morgan fingerprint density at radius 2 is 1.86 bits per heavy atom. The van der Waals surface area contributed by atoms with Crippen molar-refractivity contribution in [2.75, 3.05) is 42.1 Å². The number of primary amides is 1. The second-order valence-electron chi connectivity index (χ2n) is 8.75. The van der Waals surface area contributed by atoms with Crippen LogP contribution in [0.5, 0.6) is 0 Å². The van der Waals surface area contributed by atoms with Gasteiger partial charge in [-0.25, -0.2) is 9.78 Å². The summed E-state index contributed by atoms with van der Waals surface area (Å²) >= 11 is 3.43. The number of hydrogen-bond acceptors (Lipinski definition) is 7. The molecule has 0 spiro atoms. The van der Waals surface area contributed by atoms with Crippen molar-refractivity contribution in [1.82, 2.24) is 20.2 Å². The van der Waals surface area contributed by atoms with Gasteiger partial charge in [-0.3, -0.25) is 9.59 Å². The van der Waals surface area contributed by atoms with Crippen molar-refractivity contribution in [2.24, 2.45) is 11.1 Å². The van der Waals surface area contributed by atoms with Gasteiger partial charge in [0.1, 0.15) is 11.2 Å². The number of urea groups is 1. The molecule has 1 aliphatic rings. The zero-order chi connectivity index (χ0) is 25.4. The van der Waals surface area contributed by atoms with Crippen LogP contribution in [0.2, 0.25) is 0 Å². The fourth-order valence-corrected chi connectivity index (χ4v) is 3.64. The van der Waals surface area contributed by atoms with Crippen LogP contribution in [-0.4, -0.2) is 58.9 Å². The molecule has 35 heavy (non-hydrogen) atoms. The number of benzene rings is 1. The van der Waals surface area contributed by atoms with E-state index in [9.17, 15) is 14.4 Å². The molecule has 11 nitrogen and oxygen atoms in total. The lowest BCUT2D eigenvalue weighted by Crippen LogP contribution is -2.46. The molecule has 2 heterocycles. The Balaban J connectivity index is 1.51. The van der Waals surface area contributed by atoms with Crippen molar-refractivity contribution >= 4 is 56.9 Å². The summed E-state index contributed by atoms with van der Waals surface area (Å²) in [6, 6.07) is 7.26. The van der Waals surface area contributed by atoms with Gasteiger partial charge in [0.05, 0.1) is 4.47 Å². The second-order valence-corrected chi connectivity index (χ2v) is 9.60. The summed E-state index contributed by atoms with van der Waals surface area (Å²) in [4.78, 5) is 46.4. The standard InChI is InChI=1S/C23H31BrN8O3/c1-23(2,19(25)33)20(34)27-10-6-9-26-18-17(24)14-28-21(31-18)29-15-7-5-8-16(13-15)30-22(35)32-11-3-4-12-32/h5,7-8,13-14H,3-4,6,9-12H2,1-2H3,(H2,25,33)(H,27,34)(H,30,35)(H2,26,28,29,31). The minimum absolute atomic E-state index is 0.0968. The monoisotopic (exact) mass is 546 g/mol. The van der Waals surface area contributed by atoms with E-state index in [4.69, 9.17) is 5.73 Å². The molecule has 1 aromatic carbocycles. The fourth-order valence-electron chi connectivity index (χ4n) is 3.31. The summed E-state index contributed by atoms with van der Waals surface area (Å²) in [7, 11) is 0. The number of anilines is 4. The van der Waals surface area contributed by atoms with Crippen molar-refractivity contribution < 1.29 is 14.4 Å². The molecular weight excluding hydrogens is 516 g/mol. The van der Waals surface area contributed by atoms with Gasteiger partial charge < -0.3 is 31.9 Å². The number of carbonyl (C=O) groups is 3. The molecule has 0 radical (unpaired) electrons. The number of carbonyl (C=O) groups excluding carboxylic acids is 3. The van der Waals surface area contributed by atoms with Gasteiger partial charge in [-0.2, -0.15) is 4.98 Å². The van der Waals surface area contributed by atoms with Crippen molar-refractivity contribution in [2.45, 2.75) is 33.1 Å². The van der Waals surface area contributed by atoms with Crippen molar-refractivity contribution in [1.29, 1.82) is 0 Å². The van der Waals surface area contributed by atoms with Crippen LogP contribution in [0.15, 0.2) is 34.9 Å². The fraction of sp³-hybridized carbons (Fsp3) is 0.435. The van der Waals surface area contributed by atoms with Gasteiger partial charge in [0.15, 0.2) is 0 Å². The molecule has 4 amide bonds. The maximum absolute atomic E-state index is 12.3. The second kappa shape index (κ2) is 11.8. The van der Waals surface area contributed by atoms with Gasteiger partial charge in [0, 0.05) is 43.8 Å².